The Labute approximate surface area is 156 Å². The molecule has 0 aliphatic carbocycles. The average Bonchev–Trinajstić information content (AvgIpc) is 2.61. The number of ether oxygens (including phenoxy) is 1. The molecule has 0 aromatic rings. The maximum Gasteiger partial charge on any atom is 0.306 e. The van der Waals surface area contributed by atoms with E-state index in [9.17, 15) is 9.90 Å². The summed E-state index contributed by atoms with van der Waals surface area (Å²) in [7, 11) is 0. The van der Waals surface area contributed by atoms with E-state index >= 15 is 0 Å². The second-order valence-electron chi connectivity index (χ2n) is 7.43. The minimum Gasteiger partial charge on any atom is -0.460 e. The van der Waals surface area contributed by atoms with Crippen LogP contribution in [-0.4, -0.2) is 23.8 Å². The van der Waals surface area contributed by atoms with Gasteiger partial charge < -0.3 is 9.84 Å². The molecule has 0 aromatic heterocycles. The van der Waals surface area contributed by atoms with Crippen LogP contribution in [0.2, 0.25) is 0 Å². The Morgan fingerprint density at radius 1 is 0.720 bits per heavy atom. The van der Waals surface area contributed by atoms with Crippen molar-refractivity contribution in [2.75, 3.05) is 6.61 Å². The van der Waals surface area contributed by atoms with Crippen molar-refractivity contribution in [3.8, 4) is 0 Å². The lowest BCUT2D eigenvalue weighted by atomic mass is 10.0. The molecule has 0 aromatic carbocycles. The monoisotopic (exact) mass is 356 g/mol. The molecule has 0 bridgehead atoms. The number of aliphatic hydroxyl groups is 1. The topological polar surface area (TPSA) is 46.5 Å². The second-order valence-corrected chi connectivity index (χ2v) is 7.43. The van der Waals surface area contributed by atoms with Gasteiger partial charge in [-0.1, -0.05) is 97.3 Å². The average molecular weight is 357 g/mol. The van der Waals surface area contributed by atoms with Gasteiger partial charge in [0, 0.05) is 6.42 Å². The predicted octanol–water partition coefficient (Wildman–Crippen LogP) is 6.56. The quantitative estimate of drug-likeness (QED) is 0.210. The van der Waals surface area contributed by atoms with Crippen molar-refractivity contribution in [2.24, 2.45) is 0 Å². The first-order valence-corrected chi connectivity index (χ1v) is 11.0. The van der Waals surface area contributed by atoms with Crippen LogP contribution >= 0.6 is 0 Å². The van der Waals surface area contributed by atoms with Crippen LogP contribution in [0.3, 0.4) is 0 Å². The third kappa shape index (κ3) is 18.0. The third-order valence-corrected chi connectivity index (χ3v) is 4.84. The van der Waals surface area contributed by atoms with Crippen LogP contribution in [0, 0.1) is 0 Å². The van der Waals surface area contributed by atoms with Crippen molar-refractivity contribution in [2.45, 2.75) is 129 Å². The Balaban J connectivity index is 3.28. The van der Waals surface area contributed by atoms with Crippen LogP contribution in [0.5, 0.6) is 0 Å². The normalized spacial score (nSPS) is 12.3. The molecule has 3 nitrogen and oxygen atoms in total. The summed E-state index contributed by atoms with van der Waals surface area (Å²) in [5, 5.41) is 9.27. The highest BCUT2D eigenvalue weighted by Gasteiger charge is 2.12. The molecule has 0 aliphatic heterocycles. The van der Waals surface area contributed by atoms with E-state index in [-0.39, 0.29) is 18.7 Å². The molecule has 0 unspecified atom stereocenters. The van der Waals surface area contributed by atoms with Gasteiger partial charge in [-0.15, -0.1) is 0 Å². The van der Waals surface area contributed by atoms with Gasteiger partial charge in [0.2, 0.25) is 0 Å². The highest BCUT2D eigenvalue weighted by molar-refractivity contribution is 5.69. The van der Waals surface area contributed by atoms with Gasteiger partial charge in [0.15, 0.2) is 0 Å². The van der Waals surface area contributed by atoms with Gasteiger partial charge in [0.05, 0.1) is 6.61 Å². The highest BCUT2D eigenvalue weighted by Crippen LogP contribution is 2.14. The van der Waals surface area contributed by atoms with Gasteiger partial charge in [-0.05, 0) is 19.3 Å². The van der Waals surface area contributed by atoms with Crippen molar-refractivity contribution in [1.82, 2.24) is 0 Å². The summed E-state index contributed by atoms with van der Waals surface area (Å²) in [5.74, 6) is -0.174. The van der Waals surface area contributed by atoms with E-state index in [1.165, 1.54) is 83.5 Å². The molecule has 0 saturated carbocycles. The maximum atomic E-state index is 11.4. The molecule has 0 heterocycles. The molecule has 0 radical (unpaired) electrons. The number of hydrogen-bond donors (Lipinski definition) is 1. The SMILES string of the molecule is CCCCCCCCCCCCCCCC[C@H](CO)OC(=O)CCC. The van der Waals surface area contributed by atoms with E-state index in [4.69, 9.17) is 4.74 Å². The number of carbonyl (C=O) groups excluding carboxylic acids is 1. The van der Waals surface area contributed by atoms with Crippen LogP contribution in [0.15, 0.2) is 0 Å². The zero-order valence-electron chi connectivity index (χ0n) is 17.1. The summed E-state index contributed by atoms with van der Waals surface area (Å²) in [6, 6.07) is 0. The number of hydrogen-bond acceptors (Lipinski definition) is 3. The van der Waals surface area contributed by atoms with Crippen LogP contribution < -0.4 is 0 Å². The van der Waals surface area contributed by atoms with Crippen molar-refractivity contribution in [1.29, 1.82) is 0 Å². The number of rotatable bonds is 19. The zero-order valence-corrected chi connectivity index (χ0v) is 17.1. The molecule has 0 rings (SSSR count). The number of aliphatic hydroxyl groups excluding tert-OH is 1. The van der Waals surface area contributed by atoms with Gasteiger partial charge >= 0.3 is 5.97 Å². The van der Waals surface area contributed by atoms with Crippen molar-refractivity contribution in [3.63, 3.8) is 0 Å². The molecular weight excluding hydrogens is 312 g/mol. The van der Waals surface area contributed by atoms with Crippen LogP contribution in [0.1, 0.15) is 123 Å². The van der Waals surface area contributed by atoms with E-state index in [1.807, 2.05) is 6.92 Å². The molecule has 0 amide bonds. The first kappa shape index (κ1) is 24.4. The zero-order chi connectivity index (χ0) is 18.6. The lowest BCUT2D eigenvalue weighted by molar-refractivity contribution is -0.151. The van der Waals surface area contributed by atoms with Gasteiger partial charge in [0.1, 0.15) is 6.10 Å². The summed E-state index contributed by atoms with van der Waals surface area (Å²) in [4.78, 5) is 11.4. The molecule has 0 spiro atoms. The van der Waals surface area contributed by atoms with Gasteiger partial charge in [-0.25, -0.2) is 0 Å². The molecule has 150 valence electrons. The van der Waals surface area contributed by atoms with Crippen molar-refractivity contribution in [3.05, 3.63) is 0 Å². The Kier molecular flexibility index (Phi) is 19.3. The summed E-state index contributed by atoms with van der Waals surface area (Å²) in [5.41, 5.74) is 0. The number of unbranched alkanes of at least 4 members (excludes halogenated alkanes) is 13. The van der Waals surface area contributed by atoms with E-state index in [1.54, 1.807) is 0 Å². The Hall–Kier alpha value is -0.570. The molecule has 1 atom stereocenters. The lowest BCUT2D eigenvalue weighted by Gasteiger charge is -2.15. The highest BCUT2D eigenvalue weighted by atomic mass is 16.5. The van der Waals surface area contributed by atoms with Crippen LogP contribution in [0.25, 0.3) is 0 Å². The minimum atomic E-state index is -0.295. The van der Waals surface area contributed by atoms with E-state index < -0.39 is 0 Å². The van der Waals surface area contributed by atoms with E-state index in [2.05, 4.69) is 6.92 Å². The standard InChI is InChI=1S/C22H44O3/c1-3-5-6-7-8-9-10-11-12-13-14-15-16-17-19-21(20-23)25-22(24)18-4-2/h21,23H,3-20H2,1-2H3/t21-/m1/s1. The Morgan fingerprint density at radius 3 is 1.56 bits per heavy atom. The van der Waals surface area contributed by atoms with E-state index in [0.29, 0.717) is 6.42 Å². The molecule has 0 fully saturated rings. The van der Waals surface area contributed by atoms with Gasteiger partial charge in [0.25, 0.3) is 0 Å². The molecular formula is C22H44O3. The molecule has 3 heteroatoms. The maximum absolute atomic E-state index is 11.4. The Morgan fingerprint density at radius 2 is 1.16 bits per heavy atom. The van der Waals surface area contributed by atoms with Gasteiger partial charge in [-0.2, -0.15) is 0 Å². The van der Waals surface area contributed by atoms with Crippen LogP contribution in [0.4, 0.5) is 0 Å². The largest absolute Gasteiger partial charge is 0.460 e. The predicted molar refractivity (Wildman–Crippen MR) is 107 cm³/mol. The minimum absolute atomic E-state index is 0.0477. The van der Waals surface area contributed by atoms with Crippen LogP contribution in [-0.2, 0) is 9.53 Å². The first-order chi connectivity index (χ1) is 12.2. The third-order valence-electron chi connectivity index (χ3n) is 4.84. The summed E-state index contributed by atoms with van der Waals surface area (Å²) in [6.45, 7) is 4.18. The van der Waals surface area contributed by atoms with Crippen molar-refractivity contribution >= 4 is 5.97 Å². The fourth-order valence-corrected chi connectivity index (χ4v) is 3.20. The fraction of sp³-hybridized carbons (Fsp3) is 0.955. The summed E-state index contributed by atoms with van der Waals surface area (Å²) >= 11 is 0. The lowest BCUT2D eigenvalue weighted by Crippen LogP contribution is -2.21. The Bertz CT molecular complexity index is 278. The first-order valence-electron chi connectivity index (χ1n) is 11.0. The van der Waals surface area contributed by atoms with Crippen molar-refractivity contribution < 1.29 is 14.6 Å². The molecule has 1 N–H and O–H groups in total. The number of esters is 1. The molecule has 0 saturated heterocycles. The summed E-state index contributed by atoms with van der Waals surface area (Å²) < 4.78 is 5.26. The van der Waals surface area contributed by atoms with Gasteiger partial charge in [-0.3, -0.25) is 4.79 Å². The molecule has 0 aliphatic rings. The number of carbonyl (C=O) groups is 1. The second kappa shape index (κ2) is 19.8. The molecule has 25 heavy (non-hydrogen) atoms. The smallest absolute Gasteiger partial charge is 0.306 e. The fourth-order valence-electron chi connectivity index (χ4n) is 3.20. The summed E-state index contributed by atoms with van der Waals surface area (Å²) in [6.07, 6.45) is 20.5. The van der Waals surface area contributed by atoms with E-state index in [0.717, 1.165) is 19.3 Å².